The quantitative estimate of drug-likeness (QED) is 0.0973. The number of rotatable bonds is 14. The fraction of sp³-hybridized carbons (Fsp3) is 0.513. The van der Waals surface area contributed by atoms with E-state index in [0.29, 0.717) is 36.8 Å². The van der Waals surface area contributed by atoms with E-state index in [1.54, 1.807) is 28.1 Å². The van der Waals surface area contributed by atoms with Gasteiger partial charge in [-0.05, 0) is 75.4 Å². The van der Waals surface area contributed by atoms with Crippen LogP contribution in [0.25, 0.3) is 22.9 Å². The molecule has 272 valence electrons. The minimum absolute atomic E-state index is 0.0993. The van der Waals surface area contributed by atoms with Gasteiger partial charge in [0.2, 0.25) is 11.8 Å². The fourth-order valence-corrected chi connectivity index (χ4v) is 6.26. The van der Waals surface area contributed by atoms with Crippen LogP contribution in [0.4, 0.5) is 0 Å². The second-order valence-electron chi connectivity index (χ2n) is 13.7. The number of aromatic nitrogens is 2. The average Bonchev–Trinajstić information content (AvgIpc) is 3.76. The molecular formula is C39H51IN2O8. The number of alkyl halides is 1. The molecule has 1 aliphatic carbocycles. The molecule has 0 saturated heterocycles. The lowest BCUT2D eigenvalue weighted by atomic mass is 9.87. The minimum Gasteiger partial charge on any atom is -0.497 e. The highest BCUT2D eigenvalue weighted by Gasteiger charge is 2.31. The van der Waals surface area contributed by atoms with Gasteiger partial charge in [-0.1, -0.05) is 68.8 Å². The lowest BCUT2D eigenvalue weighted by molar-refractivity contribution is -0.163. The average molecular weight is 803 g/mol. The zero-order valence-corrected chi connectivity index (χ0v) is 32.6. The summed E-state index contributed by atoms with van der Waals surface area (Å²) in [5.41, 5.74) is 2.50. The van der Waals surface area contributed by atoms with Gasteiger partial charge in [-0.15, -0.1) is 0 Å². The number of halogens is 1. The summed E-state index contributed by atoms with van der Waals surface area (Å²) in [4.78, 5) is 20.6. The molecule has 5 rings (SSSR count). The number of oxazole rings is 2. The molecule has 50 heavy (non-hydrogen) atoms. The number of aliphatic carboxylic acids is 1. The van der Waals surface area contributed by atoms with Crippen LogP contribution in [0, 0.1) is 5.92 Å². The Balaban J connectivity index is 0.000000263. The highest BCUT2D eigenvalue weighted by molar-refractivity contribution is 14.1. The predicted molar refractivity (Wildman–Crippen MR) is 201 cm³/mol. The van der Waals surface area contributed by atoms with E-state index in [1.807, 2.05) is 48.5 Å². The van der Waals surface area contributed by atoms with E-state index in [2.05, 4.69) is 55.3 Å². The Kier molecular flexibility index (Phi) is 14.3. The first-order valence-electron chi connectivity index (χ1n) is 17.2. The fourth-order valence-electron chi connectivity index (χ4n) is 5.72. The van der Waals surface area contributed by atoms with Crippen molar-refractivity contribution in [3.8, 4) is 34.4 Å². The Morgan fingerprint density at radius 3 is 1.92 bits per heavy atom. The second kappa shape index (κ2) is 18.2. The monoisotopic (exact) mass is 802 g/mol. The van der Waals surface area contributed by atoms with Crippen molar-refractivity contribution in [3.63, 3.8) is 0 Å². The van der Waals surface area contributed by atoms with Gasteiger partial charge < -0.3 is 32.9 Å². The molecule has 1 fully saturated rings. The molecule has 1 saturated carbocycles. The molecule has 0 aliphatic heterocycles. The Bertz CT molecular complexity index is 1680. The summed E-state index contributed by atoms with van der Waals surface area (Å²) in [6.45, 7) is 12.4. The molecule has 0 bridgehead atoms. The van der Waals surface area contributed by atoms with Gasteiger partial charge >= 0.3 is 5.97 Å². The molecule has 1 aliphatic rings. The van der Waals surface area contributed by atoms with Crippen LogP contribution in [0.2, 0.25) is 0 Å². The molecule has 2 atom stereocenters. The maximum Gasteiger partial charge on any atom is 0.335 e. The first-order valence-corrected chi connectivity index (χ1v) is 18.7. The van der Waals surface area contributed by atoms with E-state index in [9.17, 15) is 9.90 Å². The van der Waals surface area contributed by atoms with E-state index in [4.69, 9.17) is 32.8 Å². The third kappa shape index (κ3) is 10.6. The van der Waals surface area contributed by atoms with Gasteiger partial charge in [-0.3, -0.25) is 0 Å². The highest BCUT2D eigenvalue weighted by Crippen LogP contribution is 2.33. The van der Waals surface area contributed by atoms with Crippen molar-refractivity contribution in [1.29, 1.82) is 0 Å². The normalized spacial score (nSPS) is 16.3. The van der Waals surface area contributed by atoms with Crippen molar-refractivity contribution in [2.45, 2.75) is 102 Å². The van der Waals surface area contributed by atoms with Gasteiger partial charge in [0.15, 0.2) is 5.60 Å². The van der Waals surface area contributed by atoms with Crippen molar-refractivity contribution < 1.29 is 37.7 Å². The van der Waals surface area contributed by atoms with Crippen molar-refractivity contribution in [2.24, 2.45) is 5.92 Å². The Morgan fingerprint density at radius 2 is 1.44 bits per heavy atom. The molecule has 11 heteroatoms. The first-order chi connectivity index (χ1) is 23.8. The van der Waals surface area contributed by atoms with Crippen LogP contribution in [0.15, 0.2) is 57.4 Å². The Morgan fingerprint density at radius 1 is 0.900 bits per heavy atom. The molecule has 2 heterocycles. The van der Waals surface area contributed by atoms with Crippen molar-refractivity contribution in [2.75, 3.05) is 20.8 Å². The molecule has 1 N–H and O–H groups in total. The third-order valence-corrected chi connectivity index (χ3v) is 9.37. The number of hydrogen-bond donors (Lipinski definition) is 1. The van der Waals surface area contributed by atoms with Crippen molar-refractivity contribution in [1.82, 2.24) is 9.97 Å². The molecule has 0 spiro atoms. The van der Waals surface area contributed by atoms with Gasteiger partial charge in [0.1, 0.15) is 28.7 Å². The second-order valence-corrected chi connectivity index (χ2v) is 14.4. The van der Waals surface area contributed by atoms with Crippen LogP contribution < -0.4 is 9.47 Å². The lowest BCUT2D eigenvalue weighted by Gasteiger charge is -2.31. The number of carboxylic acid groups (broad SMARTS) is 1. The van der Waals surface area contributed by atoms with Crippen LogP contribution in [-0.2, 0) is 25.3 Å². The molecule has 2 aromatic heterocycles. The predicted octanol–water partition coefficient (Wildman–Crippen LogP) is 9.84. The van der Waals surface area contributed by atoms with Gasteiger partial charge in [0.05, 0.1) is 39.2 Å². The van der Waals surface area contributed by atoms with Gasteiger partial charge in [-0.2, -0.15) is 0 Å². The van der Waals surface area contributed by atoms with Gasteiger partial charge in [0.25, 0.3) is 0 Å². The standard InChI is InChI=1S/C25H35NO6.C14H16INO2/c1-16(2)22-21(26-23(32-22)18-9-7-10-19(13-18)29-5)15-30-20-11-6-8-17(12-20)14-31-25(3,4)24(27)28;1-9(2)13-12(8-15)16-14(18-13)10-5-4-6-11(7-10)17-3/h7,9-10,13,16-17,20H,6,8,11-12,14-15H2,1-5H3,(H,27,28);4-7,9H,8H2,1-3H3/t17-,20+;/m1./s1. The maximum absolute atomic E-state index is 11.3. The highest BCUT2D eigenvalue weighted by atomic mass is 127. The molecule has 4 aromatic rings. The molecular weight excluding hydrogens is 751 g/mol. The lowest BCUT2D eigenvalue weighted by Crippen LogP contribution is -2.37. The topological polar surface area (TPSA) is 126 Å². The largest absolute Gasteiger partial charge is 0.497 e. The first kappa shape index (κ1) is 39.4. The summed E-state index contributed by atoms with van der Waals surface area (Å²) >= 11 is 2.31. The molecule has 2 aromatic carbocycles. The van der Waals surface area contributed by atoms with E-state index in [0.717, 1.165) is 75.6 Å². The van der Waals surface area contributed by atoms with E-state index >= 15 is 0 Å². The summed E-state index contributed by atoms with van der Waals surface area (Å²) in [6.07, 6.45) is 4.00. The van der Waals surface area contributed by atoms with Crippen molar-refractivity contribution >= 4 is 28.6 Å². The molecule has 0 unspecified atom stereocenters. The molecule has 0 radical (unpaired) electrons. The van der Waals surface area contributed by atoms with Crippen molar-refractivity contribution in [3.05, 3.63) is 71.4 Å². The van der Waals surface area contributed by atoms with Crippen LogP contribution in [0.3, 0.4) is 0 Å². The van der Waals surface area contributed by atoms with Crippen LogP contribution in [-0.4, -0.2) is 53.6 Å². The number of methoxy groups -OCH3 is 2. The smallest absolute Gasteiger partial charge is 0.335 e. The zero-order chi connectivity index (χ0) is 36.4. The molecule has 0 amide bonds. The van der Waals surface area contributed by atoms with Crippen LogP contribution >= 0.6 is 22.6 Å². The number of nitrogens with zero attached hydrogens (tertiary/aromatic N) is 2. The Hall–Kier alpha value is -3.42. The minimum atomic E-state index is -1.17. The summed E-state index contributed by atoms with van der Waals surface area (Å²) < 4.78 is 35.3. The zero-order valence-electron chi connectivity index (χ0n) is 30.5. The van der Waals surface area contributed by atoms with Crippen LogP contribution in [0.5, 0.6) is 11.5 Å². The molecule has 10 nitrogen and oxygen atoms in total. The number of carboxylic acids is 1. The number of hydrogen-bond acceptors (Lipinski definition) is 9. The number of ether oxygens (including phenoxy) is 4. The van der Waals surface area contributed by atoms with E-state index < -0.39 is 11.6 Å². The van der Waals surface area contributed by atoms with Crippen LogP contribution in [0.1, 0.15) is 102 Å². The van der Waals surface area contributed by atoms with E-state index in [-0.39, 0.29) is 12.0 Å². The maximum atomic E-state index is 11.3. The number of carbonyl (C=O) groups is 1. The van der Waals surface area contributed by atoms with E-state index in [1.165, 1.54) is 0 Å². The van der Waals surface area contributed by atoms with Gasteiger partial charge in [-0.25, -0.2) is 14.8 Å². The summed E-state index contributed by atoms with van der Waals surface area (Å²) in [7, 11) is 3.29. The van der Waals surface area contributed by atoms with Gasteiger partial charge in [0, 0.05) is 27.4 Å². The Labute approximate surface area is 309 Å². The number of benzene rings is 2. The summed E-state index contributed by atoms with van der Waals surface area (Å²) in [6, 6.07) is 15.4. The third-order valence-electron chi connectivity index (χ3n) is 8.65. The summed E-state index contributed by atoms with van der Waals surface area (Å²) in [5.74, 6) is 4.50. The SMILES string of the molecule is COc1cccc(-c2nc(CI)c(C(C)C)o2)c1.COc1cccc(-c2nc(CO[C@H]3CCC[C@@H](COC(C)(C)C(=O)O)C3)c(C(C)C)o2)c1. The summed E-state index contributed by atoms with van der Waals surface area (Å²) in [5, 5.41) is 9.24.